The lowest BCUT2D eigenvalue weighted by molar-refractivity contribution is 0.340. The second-order valence-electron chi connectivity index (χ2n) is 2.35. The van der Waals surface area contributed by atoms with Gasteiger partial charge in [0.1, 0.15) is 11.4 Å². The number of anilines is 2. The van der Waals surface area contributed by atoms with Crippen molar-refractivity contribution in [2.24, 2.45) is 0 Å². The third-order valence-electron chi connectivity index (χ3n) is 1.51. The monoisotopic (exact) mass is 168 g/mol. The summed E-state index contributed by atoms with van der Waals surface area (Å²) in [5.74, 6) is 0.352. The number of nitrogens with two attached hydrogens (primary N) is 2. The van der Waals surface area contributed by atoms with Crippen molar-refractivity contribution in [3.63, 3.8) is 0 Å². The first-order valence-corrected chi connectivity index (χ1v) is 3.66. The number of ether oxygens (including phenoxy) is 1. The first-order chi connectivity index (χ1) is 5.66. The summed E-state index contributed by atoms with van der Waals surface area (Å²) >= 11 is 0. The molecule has 0 bridgehead atoms. The molecule has 4 nitrogen and oxygen atoms in total. The molecule has 0 saturated heterocycles. The van der Waals surface area contributed by atoms with Crippen molar-refractivity contribution >= 4 is 11.4 Å². The average molecular weight is 168 g/mol. The van der Waals surface area contributed by atoms with E-state index < -0.39 is 0 Å². The van der Waals surface area contributed by atoms with Crippen LogP contribution in [0.15, 0.2) is 12.1 Å². The van der Waals surface area contributed by atoms with Gasteiger partial charge in [0.05, 0.1) is 12.3 Å². The third kappa shape index (κ3) is 1.37. The van der Waals surface area contributed by atoms with Crippen LogP contribution >= 0.6 is 0 Å². The van der Waals surface area contributed by atoms with Crippen molar-refractivity contribution in [3.05, 3.63) is 12.1 Å². The molecule has 0 spiro atoms. The summed E-state index contributed by atoms with van der Waals surface area (Å²) in [4.78, 5) is 0. The van der Waals surface area contributed by atoms with Crippen molar-refractivity contribution in [3.8, 4) is 11.5 Å². The predicted molar refractivity (Wildman–Crippen MR) is 48.1 cm³/mol. The molecule has 0 aliphatic carbocycles. The number of benzene rings is 1. The molecule has 0 heterocycles. The summed E-state index contributed by atoms with van der Waals surface area (Å²) < 4.78 is 5.13. The van der Waals surface area contributed by atoms with E-state index in [1.807, 2.05) is 6.92 Å². The van der Waals surface area contributed by atoms with E-state index in [1.165, 1.54) is 0 Å². The Morgan fingerprint density at radius 3 is 2.67 bits per heavy atom. The highest BCUT2D eigenvalue weighted by Gasteiger charge is 2.07. The van der Waals surface area contributed by atoms with Crippen LogP contribution in [0.5, 0.6) is 11.5 Å². The second kappa shape index (κ2) is 3.21. The van der Waals surface area contributed by atoms with Gasteiger partial charge in [-0.1, -0.05) is 0 Å². The smallest absolute Gasteiger partial charge is 0.165 e. The van der Waals surface area contributed by atoms with Gasteiger partial charge in [0.2, 0.25) is 0 Å². The molecule has 0 aliphatic rings. The second-order valence-corrected chi connectivity index (χ2v) is 2.35. The number of phenolic OH excluding ortho intramolecular Hbond substituents is 1. The van der Waals surface area contributed by atoms with Gasteiger partial charge in [0.25, 0.3) is 0 Å². The van der Waals surface area contributed by atoms with E-state index >= 15 is 0 Å². The van der Waals surface area contributed by atoms with E-state index in [4.69, 9.17) is 16.2 Å². The van der Waals surface area contributed by atoms with Crippen LogP contribution in [0.1, 0.15) is 6.92 Å². The quantitative estimate of drug-likeness (QED) is 0.453. The van der Waals surface area contributed by atoms with E-state index in [9.17, 15) is 5.11 Å². The average Bonchev–Trinajstić information content (AvgIpc) is 2.07. The van der Waals surface area contributed by atoms with Crippen molar-refractivity contribution in [1.82, 2.24) is 0 Å². The molecule has 66 valence electrons. The number of hydrogen-bond acceptors (Lipinski definition) is 4. The summed E-state index contributed by atoms with van der Waals surface area (Å²) in [6.45, 7) is 2.35. The molecule has 1 aromatic rings. The fourth-order valence-electron chi connectivity index (χ4n) is 0.888. The highest BCUT2D eigenvalue weighted by molar-refractivity contribution is 5.72. The highest BCUT2D eigenvalue weighted by Crippen LogP contribution is 2.35. The summed E-state index contributed by atoms with van der Waals surface area (Å²) in [7, 11) is 0. The molecule has 0 unspecified atom stereocenters. The van der Waals surface area contributed by atoms with Gasteiger partial charge in [0.15, 0.2) is 5.75 Å². The Bertz CT molecular complexity index is 287. The van der Waals surface area contributed by atoms with Crippen LogP contribution in [0.4, 0.5) is 11.4 Å². The minimum Gasteiger partial charge on any atom is -0.504 e. The molecule has 1 rings (SSSR count). The van der Waals surface area contributed by atoms with E-state index in [1.54, 1.807) is 12.1 Å². The van der Waals surface area contributed by atoms with E-state index in [-0.39, 0.29) is 17.1 Å². The Hall–Kier alpha value is -1.58. The van der Waals surface area contributed by atoms with Gasteiger partial charge >= 0.3 is 0 Å². The Morgan fingerprint density at radius 2 is 2.08 bits per heavy atom. The zero-order chi connectivity index (χ0) is 9.14. The Kier molecular flexibility index (Phi) is 2.28. The minimum absolute atomic E-state index is 0.110. The van der Waals surface area contributed by atoms with Crippen LogP contribution in [0.3, 0.4) is 0 Å². The molecule has 0 amide bonds. The molecule has 12 heavy (non-hydrogen) atoms. The molecule has 5 N–H and O–H groups in total. The lowest BCUT2D eigenvalue weighted by atomic mass is 10.2. The van der Waals surface area contributed by atoms with Gasteiger partial charge in [-0.25, -0.2) is 0 Å². The minimum atomic E-state index is -0.110. The lowest BCUT2D eigenvalue weighted by Crippen LogP contribution is -1.98. The molecular formula is C8H12N2O2. The summed E-state index contributed by atoms with van der Waals surface area (Å²) in [6, 6.07) is 3.19. The number of phenols is 1. The molecule has 0 saturated carbocycles. The van der Waals surface area contributed by atoms with Crippen LogP contribution in [-0.4, -0.2) is 11.7 Å². The predicted octanol–water partition coefficient (Wildman–Crippen LogP) is 0.955. The van der Waals surface area contributed by atoms with Gasteiger partial charge in [-0.05, 0) is 19.1 Å². The molecular weight excluding hydrogens is 156 g/mol. The topological polar surface area (TPSA) is 81.5 Å². The van der Waals surface area contributed by atoms with E-state index in [2.05, 4.69) is 0 Å². The Labute approximate surface area is 70.7 Å². The van der Waals surface area contributed by atoms with E-state index in [0.29, 0.717) is 12.4 Å². The normalized spacial score (nSPS) is 9.75. The number of aromatic hydroxyl groups is 1. The summed E-state index contributed by atoms with van der Waals surface area (Å²) in [5.41, 5.74) is 11.4. The van der Waals surface area contributed by atoms with Crippen LogP contribution in [0.25, 0.3) is 0 Å². The molecule has 0 aliphatic heterocycles. The van der Waals surface area contributed by atoms with Gasteiger partial charge in [-0.2, -0.15) is 0 Å². The van der Waals surface area contributed by atoms with Crippen LogP contribution < -0.4 is 16.2 Å². The molecule has 0 atom stereocenters. The zero-order valence-electron chi connectivity index (χ0n) is 6.87. The van der Waals surface area contributed by atoms with Crippen LogP contribution in [-0.2, 0) is 0 Å². The van der Waals surface area contributed by atoms with Gasteiger partial charge in [0, 0.05) is 0 Å². The maximum atomic E-state index is 9.28. The molecule has 0 fully saturated rings. The van der Waals surface area contributed by atoms with Crippen LogP contribution in [0, 0.1) is 0 Å². The van der Waals surface area contributed by atoms with Crippen LogP contribution in [0.2, 0.25) is 0 Å². The first-order valence-electron chi connectivity index (χ1n) is 3.66. The van der Waals surface area contributed by atoms with Crippen molar-refractivity contribution in [1.29, 1.82) is 0 Å². The van der Waals surface area contributed by atoms with Gasteiger partial charge in [-0.15, -0.1) is 0 Å². The maximum absolute atomic E-state index is 9.28. The fourth-order valence-corrected chi connectivity index (χ4v) is 0.888. The Balaban J connectivity index is 3.08. The molecule has 0 radical (unpaired) electrons. The molecule has 0 aromatic heterocycles. The van der Waals surface area contributed by atoms with Gasteiger partial charge < -0.3 is 21.3 Å². The summed E-state index contributed by atoms with van der Waals surface area (Å²) in [5, 5.41) is 9.28. The molecule has 1 aromatic carbocycles. The van der Waals surface area contributed by atoms with E-state index in [0.717, 1.165) is 0 Å². The zero-order valence-corrected chi connectivity index (χ0v) is 6.87. The SMILES string of the molecule is CCOc1ccc(N)c(O)c1N. The van der Waals surface area contributed by atoms with Crippen molar-refractivity contribution in [2.45, 2.75) is 6.92 Å². The lowest BCUT2D eigenvalue weighted by Gasteiger charge is -2.08. The van der Waals surface area contributed by atoms with Gasteiger partial charge in [-0.3, -0.25) is 0 Å². The fraction of sp³-hybridized carbons (Fsp3) is 0.250. The number of hydrogen-bond donors (Lipinski definition) is 3. The Morgan fingerprint density at radius 1 is 1.42 bits per heavy atom. The van der Waals surface area contributed by atoms with Crippen molar-refractivity contribution in [2.75, 3.05) is 18.1 Å². The largest absolute Gasteiger partial charge is 0.504 e. The standard InChI is InChI=1S/C8H12N2O2/c1-2-12-6-4-3-5(9)8(11)7(6)10/h3-4,11H,2,9-10H2,1H3. The summed E-state index contributed by atoms with van der Waals surface area (Å²) in [6.07, 6.45) is 0. The maximum Gasteiger partial charge on any atom is 0.165 e. The highest BCUT2D eigenvalue weighted by atomic mass is 16.5. The number of rotatable bonds is 2. The molecule has 4 heteroatoms. The third-order valence-corrected chi connectivity index (χ3v) is 1.51. The first kappa shape index (κ1) is 8.52. The van der Waals surface area contributed by atoms with Crippen molar-refractivity contribution < 1.29 is 9.84 Å². The number of nitrogen functional groups attached to an aromatic ring is 2.